The molecule has 4 aromatic rings. The van der Waals surface area contributed by atoms with Crippen LogP contribution in [0.3, 0.4) is 0 Å². The average Bonchev–Trinajstić information content (AvgIpc) is 3.18. The lowest BCUT2D eigenvalue weighted by Crippen LogP contribution is -2.24. The Morgan fingerprint density at radius 3 is 2.17 bits per heavy atom. The zero-order chi connectivity index (χ0) is 46.7. The van der Waals surface area contributed by atoms with E-state index in [1.807, 2.05) is 0 Å². The number of hydrogen-bond donors (Lipinski definition) is 6. The highest BCUT2D eigenvalue weighted by molar-refractivity contribution is 7.91. The van der Waals surface area contributed by atoms with Gasteiger partial charge in [0, 0.05) is 25.8 Å². The molecule has 0 saturated heterocycles. The first kappa shape index (κ1) is 46.4. The summed E-state index contributed by atoms with van der Waals surface area (Å²) in [5, 5.41) is 7.60. The smallest absolute Gasteiger partial charge is 0.397 e. The molecule has 6 N–H and O–H groups in total. The molecule has 1 unspecified atom stereocenters. The summed E-state index contributed by atoms with van der Waals surface area (Å²) in [5.74, 6) is -2.35. The monoisotopic (exact) mass is 1010 g/mol. The van der Waals surface area contributed by atoms with E-state index in [4.69, 9.17) is 36.9 Å². The fraction of sp³-hybridized carbons (Fsp3) is 0.206. The average molecular weight is 1010 g/mol. The van der Waals surface area contributed by atoms with Crippen LogP contribution in [-0.2, 0) is 44.7 Å². The number of hydrogen-bond acceptors (Lipinski definition) is 20. The van der Waals surface area contributed by atoms with E-state index in [1.54, 1.807) is 21.0 Å². The number of ether oxygens (including phenoxy) is 1. The minimum atomic E-state index is -5.12. The van der Waals surface area contributed by atoms with Crippen LogP contribution in [0.1, 0.15) is 6.92 Å². The van der Waals surface area contributed by atoms with Crippen molar-refractivity contribution in [3.05, 3.63) is 70.0 Å². The number of nitrogens with zero attached hydrogens (tertiary/aromatic N) is 6. The molecular formula is C34H30Cl2FN9O14S4. The number of aromatic nitrogens is 4. The van der Waals surface area contributed by atoms with E-state index in [0.717, 1.165) is 0 Å². The van der Waals surface area contributed by atoms with E-state index in [1.165, 1.54) is 53.4 Å². The minimum absolute atomic E-state index is 0.0362. The standard InChI is InChI=1S/C34H30Cl2FN9O14S4/c1-15(39-33-43-32(37)44-34(45-33)40-16-4-6-17(7-5-16)61(47,48)13-12-58-64(55,56)57)14-38-20-9-8-18-26(30(20)62(49,50)51)59-28-22(35)25-29(23(36)24(28)41-18)60-27-19(42-25)10-11-21(46(2)3)31(27)63(52,53)54/h4-11,15,42H,12-14H2,1-3H3,(H,49,50,51)(H,52,53,54)(H,55,56,57)(H2,39,40,43,44,45). The van der Waals surface area contributed by atoms with Crippen molar-refractivity contribution in [1.82, 2.24) is 19.9 Å². The molecule has 0 spiro atoms. The van der Waals surface area contributed by atoms with E-state index in [-0.39, 0.29) is 89.8 Å². The summed E-state index contributed by atoms with van der Waals surface area (Å²) in [4.78, 5) is 19.9. The summed E-state index contributed by atoms with van der Waals surface area (Å²) in [7, 11) is -15.7. The lowest BCUT2D eigenvalue weighted by Gasteiger charge is -2.27. The molecular weight excluding hydrogens is 977 g/mol. The summed E-state index contributed by atoms with van der Waals surface area (Å²) >= 11 is 13.5. The third-order valence-corrected chi connectivity index (χ3v) is 13.6. The van der Waals surface area contributed by atoms with E-state index in [0.29, 0.717) is 0 Å². The number of nitrogens with one attached hydrogen (secondary N) is 3. The molecule has 3 heterocycles. The van der Waals surface area contributed by atoms with Crippen molar-refractivity contribution < 1.29 is 65.1 Å². The van der Waals surface area contributed by atoms with Crippen molar-refractivity contribution in [1.29, 1.82) is 0 Å². The Morgan fingerprint density at radius 2 is 1.53 bits per heavy atom. The first-order valence-electron chi connectivity index (χ1n) is 17.7. The van der Waals surface area contributed by atoms with Gasteiger partial charge in [0.1, 0.15) is 26.9 Å². The number of anilines is 6. The highest BCUT2D eigenvalue weighted by atomic mass is 35.5. The largest absolute Gasteiger partial charge is 0.450 e. The molecule has 7 rings (SSSR count). The van der Waals surface area contributed by atoms with Gasteiger partial charge in [-0.3, -0.25) is 18.7 Å². The van der Waals surface area contributed by atoms with Gasteiger partial charge in [0.2, 0.25) is 11.9 Å². The minimum Gasteiger partial charge on any atom is -0.450 e. The normalized spacial score (nSPS) is 13.8. The van der Waals surface area contributed by atoms with Crippen LogP contribution in [0.15, 0.2) is 72.6 Å². The first-order chi connectivity index (χ1) is 29.8. The van der Waals surface area contributed by atoms with Gasteiger partial charge >= 0.3 is 26.6 Å². The molecule has 0 fully saturated rings. The molecule has 1 atom stereocenters. The van der Waals surface area contributed by atoms with Crippen molar-refractivity contribution in [2.75, 3.05) is 53.9 Å². The molecule has 2 aliphatic heterocycles. The van der Waals surface area contributed by atoms with E-state index >= 15 is 0 Å². The van der Waals surface area contributed by atoms with Gasteiger partial charge < -0.3 is 30.0 Å². The predicted octanol–water partition coefficient (Wildman–Crippen LogP) is 4.71. The topological polar surface area (TPSA) is 332 Å². The van der Waals surface area contributed by atoms with Crippen LogP contribution in [0.2, 0.25) is 10.0 Å². The number of halogens is 3. The van der Waals surface area contributed by atoms with Crippen LogP contribution in [0.25, 0.3) is 22.6 Å². The van der Waals surface area contributed by atoms with Crippen LogP contribution >= 0.6 is 23.2 Å². The molecule has 3 aromatic carbocycles. The van der Waals surface area contributed by atoms with Gasteiger partial charge in [-0.25, -0.2) is 17.6 Å². The summed E-state index contributed by atoms with van der Waals surface area (Å²) in [6.45, 7) is 0.496. The zero-order valence-corrected chi connectivity index (χ0v) is 37.4. The molecule has 0 bridgehead atoms. The summed E-state index contributed by atoms with van der Waals surface area (Å²) in [5.41, 5.74) is -0.265. The number of fused-ring (bicyclic) bond motifs is 4. The molecule has 64 heavy (non-hydrogen) atoms. The maximum atomic E-state index is 14.5. The van der Waals surface area contributed by atoms with Gasteiger partial charge in [0.15, 0.2) is 42.5 Å². The maximum Gasteiger partial charge on any atom is 0.397 e. The fourth-order valence-corrected chi connectivity index (χ4v) is 9.85. The first-order valence-corrected chi connectivity index (χ1v) is 24.4. The molecule has 30 heteroatoms. The van der Waals surface area contributed by atoms with Crippen LogP contribution < -0.4 is 30.9 Å². The van der Waals surface area contributed by atoms with E-state index < -0.39 is 80.5 Å². The summed E-state index contributed by atoms with van der Waals surface area (Å²) in [6.07, 6.45) is -1.22. The van der Waals surface area contributed by atoms with Crippen LogP contribution in [0.4, 0.5) is 39.0 Å². The molecule has 0 saturated carbocycles. The van der Waals surface area contributed by atoms with Crippen molar-refractivity contribution >= 4 is 109 Å². The Labute approximate surface area is 372 Å². The Morgan fingerprint density at radius 1 is 0.859 bits per heavy atom. The molecule has 3 aliphatic rings. The molecule has 1 aliphatic carbocycles. The molecule has 1 aromatic heterocycles. The number of rotatable bonds is 14. The second-order valence-electron chi connectivity index (χ2n) is 13.7. The highest BCUT2D eigenvalue weighted by Gasteiger charge is 2.35. The van der Waals surface area contributed by atoms with Crippen molar-refractivity contribution in [2.45, 2.75) is 27.7 Å². The van der Waals surface area contributed by atoms with Gasteiger partial charge in [-0.05, 0) is 55.5 Å². The van der Waals surface area contributed by atoms with Crippen LogP contribution in [-0.4, -0.2) is 106 Å². The van der Waals surface area contributed by atoms with Gasteiger partial charge in [-0.15, -0.1) is 0 Å². The third kappa shape index (κ3) is 9.74. The predicted molar refractivity (Wildman–Crippen MR) is 227 cm³/mol. The third-order valence-electron chi connectivity index (χ3n) is 8.90. The second-order valence-corrected chi connectivity index (χ2v) is 20.4. The second kappa shape index (κ2) is 17.1. The van der Waals surface area contributed by atoms with Crippen molar-refractivity contribution in [3.63, 3.8) is 0 Å². The lowest BCUT2D eigenvalue weighted by molar-refractivity contribution is 0.284. The van der Waals surface area contributed by atoms with Gasteiger partial charge in [0.25, 0.3) is 10.1 Å². The maximum absolute atomic E-state index is 14.5. The quantitative estimate of drug-likeness (QED) is 0.0634. The molecule has 0 amide bonds. The van der Waals surface area contributed by atoms with E-state index in [9.17, 15) is 47.2 Å². The molecule has 340 valence electrons. The Balaban J connectivity index is 1.15. The van der Waals surface area contributed by atoms with Crippen molar-refractivity contribution in [3.8, 4) is 23.0 Å². The Bertz CT molecular complexity index is 3380. The fourth-order valence-electron chi connectivity index (χ4n) is 6.16. The van der Waals surface area contributed by atoms with E-state index in [2.05, 4.69) is 45.1 Å². The SMILES string of the molecule is CC(CN=c1ccc2nc3c(Cl)c4c(c(Cl)c3oc-2c1S(=O)(=O)O)Nc1ccc(N(C)C)c(S(=O)(=O)O)c1O4)Nc1nc(F)nc(Nc2ccc(S(=O)(=O)CCOS(=O)(=O)O)cc2)n1. The Hall–Kier alpha value is -5.56. The highest BCUT2D eigenvalue weighted by Crippen LogP contribution is 2.55. The lowest BCUT2D eigenvalue weighted by atomic mass is 10.1. The number of benzene rings is 4. The molecule has 23 nitrogen and oxygen atoms in total. The Kier molecular flexibility index (Phi) is 12.4. The van der Waals surface area contributed by atoms with Gasteiger partial charge in [0.05, 0.1) is 40.5 Å². The van der Waals surface area contributed by atoms with Crippen LogP contribution in [0.5, 0.6) is 11.5 Å². The summed E-state index contributed by atoms with van der Waals surface area (Å²) in [6, 6.07) is 9.55. The molecule has 0 radical (unpaired) electrons. The van der Waals surface area contributed by atoms with Crippen molar-refractivity contribution in [2.24, 2.45) is 4.99 Å². The summed E-state index contributed by atoms with van der Waals surface area (Å²) < 4.78 is 157. The van der Waals surface area contributed by atoms with Gasteiger partial charge in [-0.2, -0.15) is 44.6 Å². The zero-order valence-electron chi connectivity index (χ0n) is 32.6. The number of sulfone groups is 1. The van der Waals surface area contributed by atoms with Gasteiger partial charge in [-0.1, -0.05) is 23.2 Å². The van der Waals surface area contributed by atoms with Crippen LogP contribution in [0, 0.1) is 6.08 Å².